The smallest absolute Gasteiger partial charge is 0.407 e. The van der Waals surface area contributed by atoms with Crippen molar-refractivity contribution in [2.45, 2.75) is 64.7 Å². The molecular formula is C25H34BClO2. The first-order valence-electron chi connectivity index (χ1n) is 11.4. The number of benzene rings is 2. The van der Waals surface area contributed by atoms with Gasteiger partial charge in [0.25, 0.3) is 0 Å². The summed E-state index contributed by atoms with van der Waals surface area (Å²) in [6, 6.07) is 16.4. The van der Waals surface area contributed by atoms with Crippen molar-refractivity contribution in [3.8, 4) is 11.1 Å². The molecule has 3 rings (SSSR count). The molecule has 2 aromatic rings. The van der Waals surface area contributed by atoms with E-state index in [0.29, 0.717) is 5.92 Å². The minimum Gasteiger partial charge on any atom is -0.407 e. The molecular weight excluding hydrogens is 379 g/mol. The van der Waals surface area contributed by atoms with E-state index in [1.165, 1.54) is 63.4 Å². The van der Waals surface area contributed by atoms with Gasteiger partial charge in [-0.1, -0.05) is 106 Å². The van der Waals surface area contributed by atoms with Crippen molar-refractivity contribution in [2.24, 2.45) is 5.92 Å². The van der Waals surface area contributed by atoms with Gasteiger partial charge in [-0.3, -0.25) is 0 Å². The van der Waals surface area contributed by atoms with Gasteiger partial charge in [0.1, 0.15) is 0 Å². The summed E-state index contributed by atoms with van der Waals surface area (Å²) in [7, 11) is -0.232. The molecule has 156 valence electrons. The van der Waals surface area contributed by atoms with E-state index in [9.17, 15) is 0 Å². The molecule has 0 aromatic heterocycles. The van der Waals surface area contributed by atoms with Crippen molar-refractivity contribution in [3.63, 3.8) is 0 Å². The van der Waals surface area contributed by atoms with Gasteiger partial charge in [0.2, 0.25) is 0 Å². The zero-order valence-corrected chi connectivity index (χ0v) is 18.5. The average molecular weight is 413 g/mol. The van der Waals surface area contributed by atoms with Gasteiger partial charge >= 0.3 is 7.12 Å². The summed E-state index contributed by atoms with van der Waals surface area (Å²) in [5.41, 5.74) is 3.43. The number of hydrogen-bond acceptors (Lipinski definition) is 2. The first-order chi connectivity index (χ1) is 14.3. The molecule has 0 unspecified atom stereocenters. The average Bonchev–Trinajstić information content (AvgIpc) is 2.77. The molecule has 0 amide bonds. The van der Waals surface area contributed by atoms with Crippen molar-refractivity contribution in [2.75, 3.05) is 13.2 Å². The van der Waals surface area contributed by atoms with Crippen LogP contribution in [0.15, 0.2) is 48.5 Å². The van der Waals surface area contributed by atoms with E-state index in [4.69, 9.17) is 20.9 Å². The van der Waals surface area contributed by atoms with Gasteiger partial charge in [-0.2, -0.15) is 0 Å². The lowest BCUT2D eigenvalue weighted by Crippen LogP contribution is -2.44. The Bertz CT molecular complexity index is 694. The Labute approximate surface area is 182 Å². The lowest BCUT2D eigenvalue weighted by molar-refractivity contribution is 0.0810. The Morgan fingerprint density at radius 2 is 1.28 bits per heavy atom. The van der Waals surface area contributed by atoms with Crippen LogP contribution in [-0.4, -0.2) is 20.3 Å². The highest BCUT2D eigenvalue weighted by atomic mass is 35.5. The van der Waals surface area contributed by atoms with Crippen LogP contribution >= 0.6 is 11.6 Å². The van der Waals surface area contributed by atoms with Gasteiger partial charge in [-0.05, 0) is 35.1 Å². The molecule has 0 spiro atoms. The summed E-state index contributed by atoms with van der Waals surface area (Å²) in [4.78, 5) is 0. The van der Waals surface area contributed by atoms with Crippen LogP contribution in [0.25, 0.3) is 11.1 Å². The monoisotopic (exact) mass is 412 g/mol. The summed E-state index contributed by atoms with van der Waals surface area (Å²) in [6.07, 6.45) is 12.2. The Kier molecular flexibility index (Phi) is 9.59. The number of halogens is 1. The zero-order chi connectivity index (χ0) is 20.3. The standard InChI is InChI=1S/C25H34BClO2/c1-2-3-4-5-6-7-8-9-10-21-19-28-26(29-20-21)24-15-11-22(12-16-24)23-13-17-25(27)18-14-23/h11-18,21H,2-10,19-20H2,1H3. The maximum Gasteiger partial charge on any atom is 0.493 e. The van der Waals surface area contributed by atoms with E-state index in [2.05, 4.69) is 31.2 Å². The normalized spacial score (nSPS) is 15.0. The number of hydrogen-bond donors (Lipinski definition) is 0. The third-order valence-corrected chi connectivity index (χ3v) is 6.04. The van der Waals surface area contributed by atoms with Gasteiger partial charge in [0.05, 0.1) is 0 Å². The summed E-state index contributed by atoms with van der Waals surface area (Å²) in [5, 5.41) is 0.760. The largest absolute Gasteiger partial charge is 0.493 e. The van der Waals surface area contributed by atoms with E-state index in [1.807, 2.05) is 24.3 Å². The topological polar surface area (TPSA) is 18.5 Å². The number of rotatable bonds is 11. The van der Waals surface area contributed by atoms with Gasteiger partial charge in [0.15, 0.2) is 0 Å². The van der Waals surface area contributed by atoms with Crippen molar-refractivity contribution in [3.05, 3.63) is 53.6 Å². The van der Waals surface area contributed by atoms with Gasteiger partial charge in [0, 0.05) is 24.2 Å². The van der Waals surface area contributed by atoms with Crippen LogP contribution in [0.5, 0.6) is 0 Å². The van der Waals surface area contributed by atoms with E-state index in [-0.39, 0.29) is 7.12 Å². The lowest BCUT2D eigenvalue weighted by Gasteiger charge is -2.27. The molecule has 0 radical (unpaired) electrons. The van der Waals surface area contributed by atoms with Crippen molar-refractivity contribution >= 4 is 24.2 Å². The molecule has 4 heteroatoms. The molecule has 1 heterocycles. The molecule has 0 atom stereocenters. The van der Waals surface area contributed by atoms with Crippen LogP contribution in [0.4, 0.5) is 0 Å². The van der Waals surface area contributed by atoms with E-state index in [1.54, 1.807) is 0 Å². The Morgan fingerprint density at radius 3 is 1.86 bits per heavy atom. The fourth-order valence-electron chi connectivity index (χ4n) is 3.94. The predicted octanol–water partition coefficient (Wildman–Crippen LogP) is 6.90. The first-order valence-corrected chi connectivity index (χ1v) is 11.7. The molecule has 2 nitrogen and oxygen atoms in total. The Morgan fingerprint density at radius 1 is 0.759 bits per heavy atom. The summed E-state index contributed by atoms with van der Waals surface area (Å²) >= 11 is 5.98. The summed E-state index contributed by atoms with van der Waals surface area (Å²) < 4.78 is 12.0. The first kappa shape index (κ1) is 22.4. The second-order valence-electron chi connectivity index (χ2n) is 8.26. The number of unbranched alkanes of at least 4 members (excludes halogenated alkanes) is 7. The maximum absolute atomic E-state index is 6.02. The van der Waals surface area contributed by atoms with Gasteiger partial charge in [-0.25, -0.2) is 0 Å². The van der Waals surface area contributed by atoms with E-state index in [0.717, 1.165) is 29.3 Å². The molecule has 1 fully saturated rings. The minimum absolute atomic E-state index is 0.232. The zero-order valence-electron chi connectivity index (χ0n) is 17.7. The van der Waals surface area contributed by atoms with Gasteiger partial charge in [-0.15, -0.1) is 0 Å². The summed E-state index contributed by atoms with van der Waals surface area (Å²) in [5.74, 6) is 0.541. The van der Waals surface area contributed by atoms with Crippen molar-refractivity contribution in [1.29, 1.82) is 0 Å². The van der Waals surface area contributed by atoms with Crippen molar-refractivity contribution in [1.82, 2.24) is 0 Å². The molecule has 0 aliphatic carbocycles. The molecule has 0 N–H and O–H groups in total. The fraction of sp³-hybridized carbons (Fsp3) is 0.520. The molecule has 1 aliphatic rings. The van der Waals surface area contributed by atoms with Crippen molar-refractivity contribution < 1.29 is 9.31 Å². The molecule has 1 saturated heterocycles. The minimum atomic E-state index is -0.232. The van der Waals surface area contributed by atoms with Crippen LogP contribution in [0.2, 0.25) is 5.02 Å². The Balaban J connectivity index is 1.34. The molecule has 29 heavy (non-hydrogen) atoms. The molecule has 0 bridgehead atoms. The lowest BCUT2D eigenvalue weighted by atomic mass is 9.76. The third-order valence-electron chi connectivity index (χ3n) is 5.79. The van der Waals surface area contributed by atoms with Crippen LogP contribution < -0.4 is 5.46 Å². The Hall–Kier alpha value is -1.29. The van der Waals surface area contributed by atoms with Gasteiger partial charge < -0.3 is 9.31 Å². The molecule has 1 aliphatic heterocycles. The van der Waals surface area contributed by atoms with E-state index >= 15 is 0 Å². The van der Waals surface area contributed by atoms with E-state index < -0.39 is 0 Å². The summed E-state index contributed by atoms with van der Waals surface area (Å²) in [6.45, 7) is 3.88. The fourth-order valence-corrected chi connectivity index (χ4v) is 4.07. The second kappa shape index (κ2) is 12.4. The van der Waals surface area contributed by atoms with Crippen LogP contribution in [0, 0.1) is 5.92 Å². The highest BCUT2D eigenvalue weighted by Gasteiger charge is 2.28. The van der Waals surface area contributed by atoms with Crippen LogP contribution in [0.1, 0.15) is 64.7 Å². The quantitative estimate of drug-likeness (QED) is 0.295. The predicted molar refractivity (Wildman–Crippen MR) is 125 cm³/mol. The van der Waals surface area contributed by atoms with Crippen LogP contribution in [-0.2, 0) is 9.31 Å². The van der Waals surface area contributed by atoms with Crippen LogP contribution in [0.3, 0.4) is 0 Å². The highest BCUT2D eigenvalue weighted by Crippen LogP contribution is 2.22. The maximum atomic E-state index is 6.02. The SMILES string of the molecule is CCCCCCCCCCC1COB(c2ccc(-c3ccc(Cl)cc3)cc2)OC1. The highest BCUT2D eigenvalue weighted by molar-refractivity contribution is 6.61. The molecule has 0 saturated carbocycles. The second-order valence-corrected chi connectivity index (χ2v) is 8.69. The molecule has 2 aromatic carbocycles. The third kappa shape index (κ3) is 7.48.